The molecule has 1 heterocycles. The Balaban J connectivity index is 1.89. The third-order valence-corrected chi connectivity index (χ3v) is 7.22. The Hall–Kier alpha value is -1.15. The molecular weight excluding hydrogens is 350 g/mol. The van der Waals surface area contributed by atoms with Crippen LogP contribution in [0.25, 0.3) is 0 Å². The average molecular weight is 384 g/mol. The molecule has 0 aromatic heterocycles. The van der Waals surface area contributed by atoms with Gasteiger partial charge >= 0.3 is 0 Å². The van der Waals surface area contributed by atoms with Crippen molar-refractivity contribution < 1.29 is 13.2 Å². The Bertz CT molecular complexity index is 666. The number of benzene rings is 1. The molecular formula is C19H33N3O3S. The first-order valence-electron chi connectivity index (χ1n) is 9.40. The Morgan fingerprint density at radius 3 is 2.65 bits per heavy atom. The molecule has 7 heteroatoms. The van der Waals surface area contributed by atoms with Crippen LogP contribution in [-0.2, 0) is 16.6 Å². The number of hydrogen-bond donors (Lipinski definition) is 0. The van der Waals surface area contributed by atoms with Crippen LogP contribution in [0.5, 0.6) is 5.75 Å². The fourth-order valence-electron chi connectivity index (χ4n) is 3.55. The fourth-order valence-corrected chi connectivity index (χ4v) is 4.75. The standard InChI is InChI=1S/C19H33N3O3S/c1-5-20(2)26(23,24)21(3)15-17-9-8-13-22(16-17)14-12-18-10-6-7-11-19(18)25-4/h6-7,10-11,17H,5,8-9,12-16H2,1-4H3/t17-/m0/s1. The molecule has 1 aromatic rings. The van der Waals surface area contributed by atoms with Gasteiger partial charge in [-0.3, -0.25) is 0 Å². The van der Waals surface area contributed by atoms with Gasteiger partial charge in [0.15, 0.2) is 0 Å². The molecule has 1 aromatic carbocycles. The van der Waals surface area contributed by atoms with Crippen molar-refractivity contribution in [2.75, 3.05) is 53.9 Å². The summed E-state index contributed by atoms with van der Waals surface area (Å²) in [5.41, 5.74) is 1.22. The predicted octanol–water partition coefficient (Wildman–Crippen LogP) is 2.08. The highest BCUT2D eigenvalue weighted by Crippen LogP contribution is 2.22. The minimum atomic E-state index is -3.34. The second-order valence-corrected chi connectivity index (χ2v) is 9.22. The van der Waals surface area contributed by atoms with Crippen molar-refractivity contribution in [1.82, 2.24) is 13.5 Å². The quantitative estimate of drug-likeness (QED) is 0.655. The summed E-state index contributed by atoms with van der Waals surface area (Å²) in [6.45, 7) is 5.93. The zero-order valence-corrected chi connectivity index (χ0v) is 17.3. The van der Waals surface area contributed by atoms with Crippen LogP contribution in [0.4, 0.5) is 0 Å². The summed E-state index contributed by atoms with van der Waals surface area (Å²) in [5, 5.41) is 0. The van der Waals surface area contributed by atoms with E-state index in [0.717, 1.165) is 44.6 Å². The molecule has 0 saturated carbocycles. The molecule has 1 aliphatic rings. The Kier molecular flexibility index (Phi) is 7.88. The molecule has 0 bridgehead atoms. The molecule has 0 spiro atoms. The van der Waals surface area contributed by atoms with Gasteiger partial charge in [-0.25, -0.2) is 0 Å². The zero-order chi connectivity index (χ0) is 19.2. The first-order chi connectivity index (χ1) is 12.4. The minimum Gasteiger partial charge on any atom is -0.496 e. The molecule has 6 nitrogen and oxygen atoms in total. The molecule has 1 atom stereocenters. The maximum absolute atomic E-state index is 12.4. The summed E-state index contributed by atoms with van der Waals surface area (Å²) in [6.07, 6.45) is 3.15. The van der Waals surface area contributed by atoms with Crippen LogP contribution >= 0.6 is 0 Å². The zero-order valence-electron chi connectivity index (χ0n) is 16.5. The van der Waals surface area contributed by atoms with E-state index in [1.54, 1.807) is 21.2 Å². The molecule has 0 N–H and O–H groups in total. The van der Waals surface area contributed by atoms with Crippen LogP contribution < -0.4 is 4.74 Å². The van der Waals surface area contributed by atoms with Crippen molar-refractivity contribution in [3.63, 3.8) is 0 Å². The first-order valence-corrected chi connectivity index (χ1v) is 10.8. The lowest BCUT2D eigenvalue weighted by Crippen LogP contribution is -2.45. The van der Waals surface area contributed by atoms with E-state index in [0.29, 0.717) is 19.0 Å². The topological polar surface area (TPSA) is 53.1 Å². The van der Waals surface area contributed by atoms with Crippen molar-refractivity contribution in [2.24, 2.45) is 5.92 Å². The van der Waals surface area contributed by atoms with Gasteiger partial charge in [-0.05, 0) is 43.4 Å². The summed E-state index contributed by atoms with van der Waals surface area (Å²) < 4.78 is 33.2. The Morgan fingerprint density at radius 1 is 1.23 bits per heavy atom. The van der Waals surface area contributed by atoms with Gasteiger partial charge in [0.25, 0.3) is 10.2 Å². The van der Waals surface area contributed by atoms with Crippen molar-refractivity contribution >= 4 is 10.2 Å². The van der Waals surface area contributed by atoms with Gasteiger partial charge in [0.1, 0.15) is 5.75 Å². The van der Waals surface area contributed by atoms with E-state index in [1.807, 2.05) is 25.1 Å². The summed E-state index contributed by atoms with van der Waals surface area (Å²) in [7, 11) is 1.69. The highest BCUT2D eigenvalue weighted by atomic mass is 32.2. The molecule has 1 saturated heterocycles. The molecule has 0 amide bonds. The average Bonchev–Trinajstić information content (AvgIpc) is 2.66. The number of rotatable bonds is 9. The van der Waals surface area contributed by atoms with Crippen molar-refractivity contribution in [3.05, 3.63) is 29.8 Å². The number of ether oxygens (including phenoxy) is 1. The highest BCUT2D eigenvalue weighted by Gasteiger charge is 2.27. The SMILES string of the molecule is CCN(C)S(=O)(=O)N(C)C[C@@H]1CCCN(CCc2ccccc2OC)C1. The number of likely N-dealkylation sites (tertiary alicyclic amines) is 1. The van der Waals surface area contributed by atoms with E-state index in [-0.39, 0.29) is 0 Å². The highest BCUT2D eigenvalue weighted by molar-refractivity contribution is 7.86. The minimum absolute atomic E-state index is 0.381. The lowest BCUT2D eigenvalue weighted by atomic mass is 9.97. The second-order valence-electron chi connectivity index (χ2n) is 7.07. The normalized spacial score (nSPS) is 19.2. The summed E-state index contributed by atoms with van der Waals surface area (Å²) >= 11 is 0. The lowest BCUT2D eigenvalue weighted by Gasteiger charge is -2.35. The number of methoxy groups -OCH3 is 1. The van der Waals surface area contributed by atoms with Crippen LogP contribution in [0.2, 0.25) is 0 Å². The van der Waals surface area contributed by atoms with Gasteiger partial charge in [-0.2, -0.15) is 17.0 Å². The summed E-state index contributed by atoms with van der Waals surface area (Å²) in [4.78, 5) is 2.45. The van der Waals surface area contributed by atoms with Gasteiger partial charge in [0.2, 0.25) is 0 Å². The first kappa shape index (κ1) is 21.2. The van der Waals surface area contributed by atoms with E-state index < -0.39 is 10.2 Å². The molecule has 1 aliphatic heterocycles. The molecule has 0 unspecified atom stereocenters. The van der Waals surface area contributed by atoms with E-state index >= 15 is 0 Å². The van der Waals surface area contributed by atoms with Gasteiger partial charge in [-0.1, -0.05) is 25.1 Å². The maximum atomic E-state index is 12.4. The number of hydrogen-bond acceptors (Lipinski definition) is 4. The summed E-state index contributed by atoms with van der Waals surface area (Å²) in [6, 6.07) is 8.14. The van der Waals surface area contributed by atoms with Gasteiger partial charge in [-0.15, -0.1) is 0 Å². The van der Waals surface area contributed by atoms with Crippen LogP contribution in [0, 0.1) is 5.92 Å². The van der Waals surface area contributed by atoms with E-state index in [2.05, 4.69) is 11.0 Å². The molecule has 0 aliphatic carbocycles. The van der Waals surface area contributed by atoms with Crippen LogP contribution in [0.15, 0.2) is 24.3 Å². The summed E-state index contributed by atoms with van der Waals surface area (Å²) in [5.74, 6) is 1.32. The smallest absolute Gasteiger partial charge is 0.281 e. The molecule has 1 fully saturated rings. The number of para-hydroxylation sites is 1. The number of nitrogens with zero attached hydrogens (tertiary/aromatic N) is 3. The predicted molar refractivity (Wildman–Crippen MR) is 106 cm³/mol. The Labute approximate surface area is 158 Å². The fraction of sp³-hybridized carbons (Fsp3) is 0.684. The monoisotopic (exact) mass is 383 g/mol. The Morgan fingerprint density at radius 2 is 1.96 bits per heavy atom. The van der Waals surface area contributed by atoms with Gasteiger partial charge < -0.3 is 9.64 Å². The van der Waals surface area contributed by atoms with Crippen LogP contribution in [0.3, 0.4) is 0 Å². The molecule has 2 rings (SSSR count). The second kappa shape index (κ2) is 9.69. The van der Waals surface area contributed by atoms with E-state index in [9.17, 15) is 8.42 Å². The van der Waals surface area contributed by atoms with Crippen molar-refractivity contribution in [2.45, 2.75) is 26.2 Å². The molecule has 0 radical (unpaired) electrons. The van der Waals surface area contributed by atoms with Gasteiger partial charge in [0.05, 0.1) is 7.11 Å². The third-order valence-electron chi connectivity index (χ3n) is 5.24. The maximum Gasteiger partial charge on any atom is 0.281 e. The lowest BCUT2D eigenvalue weighted by molar-refractivity contribution is 0.161. The largest absolute Gasteiger partial charge is 0.496 e. The molecule has 148 valence electrons. The van der Waals surface area contributed by atoms with Gasteiger partial charge in [0, 0.05) is 40.3 Å². The number of piperidine rings is 1. The van der Waals surface area contributed by atoms with Crippen LogP contribution in [0.1, 0.15) is 25.3 Å². The van der Waals surface area contributed by atoms with E-state index in [1.165, 1.54) is 14.2 Å². The van der Waals surface area contributed by atoms with E-state index in [4.69, 9.17) is 4.74 Å². The molecule has 26 heavy (non-hydrogen) atoms. The van der Waals surface area contributed by atoms with Crippen molar-refractivity contribution in [1.29, 1.82) is 0 Å². The van der Waals surface area contributed by atoms with Crippen LogP contribution in [-0.4, -0.2) is 75.9 Å². The third kappa shape index (κ3) is 5.42. The van der Waals surface area contributed by atoms with Crippen molar-refractivity contribution in [3.8, 4) is 5.75 Å².